The topological polar surface area (TPSA) is 64.4 Å². The normalized spacial score (nSPS) is 12.2. The molecule has 1 N–H and O–H groups in total. The minimum Gasteiger partial charge on any atom is -0.380 e. The van der Waals surface area contributed by atoms with Crippen LogP contribution in [0.2, 0.25) is 0 Å². The maximum absolute atomic E-state index is 10.7. The number of non-ortho nitro benzene ring substituents is 1. The van der Waals surface area contributed by atoms with Crippen molar-refractivity contribution >= 4 is 27.3 Å². The average Bonchev–Trinajstić information content (AvgIpc) is 2.29. The van der Waals surface area contributed by atoms with E-state index in [4.69, 9.17) is 4.74 Å². The lowest BCUT2D eigenvalue weighted by atomic mass is 10.2. The second-order valence-electron chi connectivity index (χ2n) is 3.63. The Hall–Kier alpha value is -1.14. The molecule has 0 heterocycles. The largest absolute Gasteiger partial charge is 0.380 e. The van der Waals surface area contributed by atoms with Gasteiger partial charge in [-0.15, -0.1) is 0 Å². The van der Waals surface area contributed by atoms with Gasteiger partial charge in [0.15, 0.2) is 0 Å². The Morgan fingerprint density at radius 3 is 2.88 bits per heavy atom. The van der Waals surface area contributed by atoms with E-state index in [-0.39, 0.29) is 11.7 Å². The molecule has 0 radical (unpaired) electrons. The van der Waals surface area contributed by atoms with Crippen molar-refractivity contribution in [2.45, 2.75) is 19.9 Å². The molecule has 0 aliphatic rings. The fraction of sp³-hybridized carbons (Fsp3) is 0.455. The molecule has 0 bridgehead atoms. The van der Waals surface area contributed by atoms with Crippen LogP contribution in [0.25, 0.3) is 0 Å². The molecule has 1 rings (SSSR count). The van der Waals surface area contributed by atoms with E-state index in [0.717, 1.165) is 4.47 Å². The molecule has 0 aliphatic heterocycles. The summed E-state index contributed by atoms with van der Waals surface area (Å²) < 4.78 is 6.07. The third-order valence-corrected chi connectivity index (χ3v) is 2.83. The molecule has 0 saturated heterocycles. The van der Waals surface area contributed by atoms with E-state index in [1.54, 1.807) is 6.07 Å². The van der Waals surface area contributed by atoms with Gasteiger partial charge in [-0.2, -0.15) is 0 Å². The van der Waals surface area contributed by atoms with E-state index in [1.165, 1.54) is 12.1 Å². The van der Waals surface area contributed by atoms with Gasteiger partial charge in [-0.3, -0.25) is 10.1 Å². The predicted octanol–water partition coefficient (Wildman–Crippen LogP) is 3.19. The summed E-state index contributed by atoms with van der Waals surface area (Å²) in [5, 5.41) is 13.8. The molecule has 1 atom stereocenters. The summed E-state index contributed by atoms with van der Waals surface area (Å²) in [6.07, 6.45) is 0. The van der Waals surface area contributed by atoms with Crippen molar-refractivity contribution in [1.82, 2.24) is 0 Å². The van der Waals surface area contributed by atoms with Gasteiger partial charge < -0.3 is 10.1 Å². The van der Waals surface area contributed by atoms with Gasteiger partial charge in [-0.1, -0.05) is 0 Å². The molecule has 1 aromatic carbocycles. The molecule has 0 spiro atoms. The Labute approximate surface area is 108 Å². The van der Waals surface area contributed by atoms with Crippen molar-refractivity contribution in [1.29, 1.82) is 0 Å². The highest BCUT2D eigenvalue weighted by Crippen LogP contribution is 2.27. The minimum absolute atomic E-state index is 0.0688. The molecule has 5 nitrogen and oxygen atoms in total. The van der Waals surface area contributed by atoms with Gasteiger partial charge in [0, 0.05) is 29.3 Å². The number of benzene rings is 1. The highest BCUT2D eigenvalue weighted by atomic mass is 79.9. The van der Waals surface area contributed by atoms with Crippen LogP contribution in [0.15, 0.2) is 22.7 Å². The van der Waals surface area contributed by atoms with E-state index in [1.807, 2.05) is 13.8 Å². The van der Waals surface area contributed by atoms with Gasteiger partial charge in [0.1, 0.15) is 0 Å². The number of hydrogen-bond acceptors (Lipinski definition) is 4. The number of halogens is 1. The summed E-state index contributed by atoms with van der Waals surface area (Å²) in [5.41, 5.74) is 0.769. The SMILES string of the molecule is CCOCC(C)Nc1cc([N+](=O)[O-])ccc1Br. The summed E-state index contributed by atoms with van der Waals surface area (Å²) in [6.45, 7) is 5.10. The second-order valence-corrected chi connectivity index (χ2v) is 4.48. The van der Waals surface area contributed by atoms with Crippen molar-refractivity contribution in [2.75, 3.05) is 18.5 Å². The molecule has 1 aromatic rings. The highest BCUT2D eigenvalue weighted by Gasteiger charge is 2.11. The van der Waals surface area contributed by atoms with Crippen LogP contribution in [0.1, 0.15) is 13.8 Å². The third kappa shape index (κ3) is 4.32. The lowest BCUT2D eigenvalue weighted by molar-refractivity contribution is -0.384. The van der Waals surface area contributed by atoms with Crippen molar-refractivity contribution < 1.29 is 9.66 Å². The fourth-order valence-electron chi connectivity index (χ4n) is 1.34. The number of nitrogens with one attached hydrogen (secondary N) is 1. The number of ether oxygens (including phenoxy) is 1. The highest BCUT2D eigenvalue weighted by molar-refractivity contribution is 9.10. The Kier molecular flexibility index (Phi) is 5.37. The lowest BCUT2D eigenvalue weighted by Gasteiger charge is -2.15. The number of hydrogen-bond donors (Lipinski definition) is 1. The van der Waals surface area contributed by atoms with E-state index in [9.17, 15) is 10.1 Å². The molecule has 1 unspecified atom stereocenters. The molecule has 0 aliphatic carbocycles. The van der Waals surface area contributed by atoms with Crippen molar-refractivity contribution in [3.8, 4) is 0 Å². The standard InChI is InChI=1S/C11H15BrN2O3/c1-3-17-7-8(2)13-11-6-9(14(15)16)4-5-10(11)12/h4-6,8,13H,3,7H2,1-2H3. The number of anilines is 1. The van der Waals surface area contributed by atoms with Crippen LogP contribution in [0.3, 0.4) is 0 Å². The number of nitro groups is 1. The van der Waals surface area contributed by atoms with Crippen LogP contribution in [0.4, 0.5) is 11.4 Å². The first-order valence-corrected chi connectivity index (χ1v) is 6.12. The van der Waals surface area contributed by atoms with Crippen molar-refractivity contribution in [3.05, 3.63) is 32.8 Å². The monoisotopic (exact) mass is 302 g/mol. The molecule has 94 valence electrons. The molecular formula is C11H15BrN2O3. The first-order valence-electron chi connectivity index (χ1n) is 5.32. The zero-order chi connectivity index (χ0) is 12.8. The zero-order valence-electron chi connectivity index (χ0n) is 9.77. The average molecular weight is 303 g/mol. The molecule has 0 amide bonds. The van der Waals surface area contributed by atoms with Gasteiger partial charge in [-0.05, 0) is 35.8 Å². The second kappa shape index (κ2) is 6.56. The van der Waals surface area contributed by atoms with E-state index >= 15 is 0 Å². The number of rotatable bonds is 6. The number of nitro benzene ring substituents is 1. The van der Waals surface area contributed by atoms with Crippen LogP contribution in [-0.2, 0) is 4.74 Å². The Bertz CT molecular complexity index is 398. The van der Waals surface area contributed by atoms with Crippen LogP contribution >= 0.6 is 15.9 Å². The van der Waals surface area contributed by atoms with Crippen LogP contribution < -0.4 is 5.32 Å². The summed E-state index contributed by atoms with van der Waals surface area (Å²) in [7, 11) is 0. The quantitative estimate of drug-likeness (QED) is 0.647. The van der Waals surface area contributed by atoms with Gasteiger partial charge in [-0.25, -0.2) is 0 Å². The van der Waals surface area contributed by atoms with Crippen LogP contribution in [-0.4, -0.2) is 24.2 Å². The van der Waals surface area contributed by atoms with Gasteiger partial charge >= 0.3 is 0 Å². The molecule has 0 saturated carbocycles. The van der Waals surface area contributed by atoms with Crippen molar-refractivity contribution in [3.63, 3.8) is 0 Å². The van der Waals surface area contributed by atoms with Gasteiger partial charge in [0.05, 0.1) is 17.2 Å². The number of nitrogens with zero attached hydrogens (tertiary/aromatic N) is 1. The summed E-state index contributed by atoms with van der Waals surface area (Å²) in [5.74, 6) is 0. The maximum Gasteiger partial charge on any atom is 0.271 e. The smallest absolute Gasteiger partial charge is 0.271 e. The van der Waals surface area contributed by atoms with Crippen LogP contribution in [0.5, 0.6) is 0 Å². The van der Waals surface area contributed by atoms with Gasteiger partial charge in [0.2, 0.25) is 0 Å². The Morgan fingerprint density at radius 2 is 2.29 bits per heavy atom. The van der Waals surface area contributed by atoms with Gasteiger partial charge in [0.25, 0.3) is 5.69 Å². The molecule has 0 aromatic heterocycles. The minimum atomic E-state index is -0.412. The molecular weight excluding hydrogens is 288 g/mol. The van der Waals surface area contributed by atoms with Crippen molar-refractivity contribution in [2.24, 2.45) is 0 Å². The van der Waals surface area contributed by atoms with E-state index in [0.29, 0.717) is 18.9 Å². The molecule has 6 heteroatoms. The maximum atomic E-state index is 10.7. The first kappa shape index (κ1) is 13.9. The first-order chi connectivity index (χ1) is 8.04. The Morgan fingerprint density at radius 1 is 1.59 bits per heavy atom. The zero-order valence-corrected chi connectivity index (χ0v) is 11.4. The fourth-order valence-corrected chi connectivity index (χ4v) is 1.70. The molecule has 0 fully saturated rings. The Balaban J connectivity index is 2.75. The summed E-state index contributed by atoms with van der Waals surface area (Å²) in [4.78, 5) is 10.2. The van der Waals surface area contributed by atoms with Crippen LogP contribution in [0, 0.1) is 10.1 Å². The molecule has 17 heavy (non-hydrogen) atoms. The summed E-state index contributed by atoms with van der Waals surface area (Å²) in [6, 6.07) is 4.72. The predicted molar refractivity (Wildman–Crippen MR) is 70.4 cm³/mol. The van der Waals surface area contributed by atoms with E-state index in [2.05, 4.69) is 21.2 Å². The summed E-state index contributed by atoms with van der Waals surface area (Å²) >= 11 is 3.35. The third-order valence-electron chi connectivity index (χ3n) is 2.13. The van der Waals surface area contributed by atoms with E-state index < -0.39 is 4.92 Å². The lowest BCUT2D eigenvalue weighted by Crippen LogP contribution is -2.21.